The molecule has 7 nitrogen and oxygen atoms in total. The Bertz CT molecular complexity index is 940. The van der Waals surface area contributed by atoms with E-state index in [2.05, 4.69) is 5.32 Å². The van der Waals surface area contributed by atoms with Crippen molar-refractivity contribution in [2.24, 2.45) is 0 Å². The first-order chi connectivity index (χ1) is 13.9. The molecule has 1 aliphatic heterocycles. The van der Waals surface area contributed by atoms with Gasteiger partial charge in [0.15, 0.2) is 6.10 Å². The summed E-state index contributed by atoms with van der Waals surface area (Å²) in [6, 6.07) is 13.2. The summed E-state index contributed by atoms with van der Waals surface area (Å²) in [6.07, 6.45) is -0.782. The Morgan fingerprint density at radius 2 is 1.72 bits per heavy atom. The van der Waals surface area contributed by atoms with Gasteiger partial charge in [0.25, 0.3) is 17.7 Å². The Hall–Kier alpha value is -3.19. The first kappa shape index (κ1) is 20.5. The zero-order valence-corrected chi connectivity index (χ0v) is 16.4. The smallest absolute Gasteiger partial charge is 0.306 e. The van der Waals surface area contributed by atoms with Crippen LogP contribution in [-0.4, -0.2) is 41.2 Å². The predicted molar refractivity (Wildman–Crippen MR) is 107 cm³/mol. The molecule has 0 spiro atoms. The molecule has 150 valence electrons. The number of hydrogen-bond donors (Lipinski definition) is 1. The van der Waals surface area contributed by atoms with Gasteiger partial charge in [0.05, 0.1) is 11.1 Å². The van der Waals surface area contributed by atoms with Crippen LogP contribution in [0.2, 0.25) is 5.02 Å². The van der Waals surface area contributed by atoms with Gasteiger partial charge in [-0.3, -0.25) is 24.1 Å². The zero-order chi connectivity index (χ0) is 21.0. The molecule has 0 radical (unpaired) electrons. The maximum absolute atomic E-state index is 12.3. The van der Waals surface area contributed by atoms with Crippen molar-refractivity contribution in [1.29, 1.82) is 0 Å². The number of hydrogen-bond acceptors (Lipinski definition) is 5. The molecule has 0 unspecified atom stereocenters. The van der Waals surface area contributed by atoms with Crippen LogP contribution < -0.4 is 5.32 Å². The lowest BCUT2D eigenvalue weighted by atomic mass is 10.1. The van der Waals surface area contributed by atoms with Crippen molar-refractivity contribution >= 4 is 41.0 Å². The quantitative estimate of drug-likeness (QED) is 0.554. The summed E-state index contributed by atoms with van der Waals surface area (Å²) in [6.45, 7) is 1.56. The van der Waals surface area contributed by atoms with Gasteiger partial charge in [0.2, 0.25) is 0 Å². The summed E-state index contributed by atoms with van der Waals surface area (Å²) in [5, 5.41) is 3.09. The SMILES string of the molecule is C[C@H](OC(=O)CCCN1C(=O)c2ccccc2C1=O)C(=O)Nc1cccc(Cl)c1. The zero-order valence-electron chi connectivity index (χ0n) is 15.7. The van der Waals surface area contributed by atoms with E-state index in [9.17, 15) is 19.2 Å². The van der Waals surface area contributed by atoms with Gasteiger partial charge in [-0.2, -0.15) is 0 Å². The molecule has 0 fully saturated rings. The van der Waals surface area contributed by atoms with Gasteiger partial charge in [0, 0.05) is 23.7 Å². The molecule has 0 aliphatic carbocycles. The van der Waals surface area contributed by atoms with Crippen molar-refractivity contribution in [3.63, 3.8) is 0 Å². The first-order valence-electron chi connectivity index (χ1n) is 9.08. The van der Waals surface area contributed by atoms with Crippen molar-refractivity contribution < 1.29 is 23.9 Å². The molecular weight excluding hydrogens is 396 g/mol. The van der Waals surface area contributed by atoms with Crippen molar-refractivity contribution in [2.45, 2.75) is 25.9 Å². The molecule has 3 amide bonds. The molecule has 0 bridgehead atoms. The van der Waals surface area contributed by atoms with E-state index in [1.54, 1.807) is 48.5 Å². The summed E-state index contributed by atoms with van der Waals surface area (Å²) in [4.78, 5) is 49.8. The van der Waals surface area contributed by atoms with Crippen LogP contribution in [0.15, 0.2) is 48.5 Å². The van der Waals surface area contributed by atoms with Crippen LogP contribution in [-0.2, 0) is 14.3 Å². The Balaban J connectivity index is 1.45. The Labute approximate surface area is 172 Å². The van der Waals surface area contributed by atoms with Crippen molar-refractivity contribution in [3.05, 3.63) is 64.7 Å². The van der Waals surface area contributed by atoms with Gasteiger partial charge in [-0.25, -0.2) is 0 Å². The fourth-order valence-electron chi connectivity index (χ4n) is 2.94. The standard InChI is InChI=1S/C21H19ClN2O5/c1-13(19(26)23-15-7-4-6-14(22)12-15)29-18(25)10-5-11-24-20(27)16-8-2-3-9-17(16)21(24)28/h2-4,6-9,12-13H,5,10-11H2,1H3,(H,23,26)/t13-/m0/s1. The molecule has 0 saturated carbocycles. The highest BCUT2D eigenvalue weighted by molar-refractivity contribution is 6.30. The monoisotopic (exact) mass is 414 g/mol. The fourth-order valence-corrected chi connectivity index (χ4v) is 3.13. The summed E-state index contributed by atoms with van der Waals surface area (Å²) in [7, 11) is 0. The third-order valence-electron chi connectivity index (χ3n) is 4.41. The van der Waals surface area contributed by atoms with E-state index < -0.39 is 18.0 Å². The van der Waals surface area contributed by atoms with E-state index in [0.717, 1.165) is 4.90 Å². The topological polar surface area (TPSA) is 92.8 Å². The van der Waals surface area contributed by atoms with Crippen LogP contribution in [0.3, 0.4) is 0 Å². The van der Waals surface area contributed by atoms with Crippen molar-refractivity contribution in [3.8, 4) is 0 Å². The highest BCUT2D eigenvalue weighted by atomic mass is 35.5. The lowest BCUT2D eigenvalue weighted by molar-refractivity contribution is -0.153. The van der Waals surface area contributed by atoms with Crippen LogP contribution in [0.1, 0.15) is 40.5 Å². The summed E-state index contributed by atoms with van der Waals surface area (Å²) in [5.41, 5.74) is 1.23. The van der Waals surface area contributed by atoms with Gasteiger partial charge in [-0.1, -0.05) is 29.8 Å². The minimum Gasteiger partial charge on any atom is -0.453 e. The van der Waals surface area contributed by atoms with Crippen LogP contribution in [0.25, 0.3) is 0 Å². The number of carbonyl (C=O) groups excluding carboxylic acids is 4. The number of benzene rings is 2. The number of nitrogens with zero attached hydrogens (tertiary/aromatic N) is 1. The average molecular weight is 415 g/mol. The third kappa shape index (κ3) is 4.81. The Morgan fingerprint density at radius 3 is 2.34 bits per heavy atom. The highest BCUT2D eigenvalue weighted by Gasteiger charge is 2.34. The molecule has 1 heterocycles. The molecule has 3 rings (SSSR count). The number of ether oxygens (including phenoxy) is 1. The van der Waals surface area contributed by atoms with Crippen LogP contribution >= 0.6 is 11.6 Å². The minimum absolute atomic E-state index is 0.0256. The molecule has 2 aromatic carbocycles. The third-order valence-corrected chi connectivity index (χ3v) is 4.65. The van der Waals surface area contributed by atoms with Crippen molar-refractivity contribution in [1.82, 2.24) is 4.90 Å². The molecular formula is C21H19ClN2O5. The minimum atomic E-state index is -0.999. The molecule has 2 aromatic rings. The molecule has 0 saturated heterocycles. The van der Waals surface area contributed by atoms with Gasteiger partial charge >= 0.3 is 5.97 Å². The molecule has 8 heteroatoms. The molecule has 1 N–H and O–H groups in total. The normalized spacial score (nSPS) is 13.8. The van der Waals surface area contributed by atoms with Crippen molar-refractivity contribution in [2.75, 3.05) is 11.9 Å². The number of rotatable bonds is 7. The summed E-state index contributed by atoms with van der Waals surface area (Å²) in [5.74, 6) is -1.81. The second-order valence-electron chi connectivity index (χ2n) is 6.54. The molecule has 29 heavy (non-hydrogen) atoms. The number of carbonyl (C=O) groups is 4. The lowest BCUT2D eigenvalue weighted by Gasteiger charge is -2.15. The highest BCUT2D eigenvalue weighted by Crippen LogP contribution is 2.22. The fraction of sp³-hybridized carbons (Fsp3) is 0.238. The van der Waals surface area contributed by atoms with E-state index in [-0.39, 0.29) is 31.2 Å². The largest absolute Gasteiger partial charge is 0.453 e. The Morgan fingerprint density at radius 1 is 1.07 bits per heavy atom. The van der Waals surface area contributed by atoms with E-state index in [1.807, 2.05) is 0 Å². The van der Waals surface area contributed by atoms with E-state index >= 15 is 0 Å². The summed E-state index contributed by atoms with van der Waals surface area (Å²) >= 11 is 5.86. The number of nitrogens with one attached hydrogen (secondary N) is 1. The molecule has 1 aliphatic rings. The van der Waals surface area contributed by atoms with E-state index in [1.165, 1.54) is 6.92 Å². The molecule has 0 aromatic heterocycles. The number of esters is 1. The first-order valence-corrected chi connectivity index (χ1v) is 9.46. The second kappa shape index (κ2) is 8.87. The van der Waals surface area contributed by atoms with Gasteiger partial charge < -0.3 is 10.1 Å². The number of amides is 3. The average Bonchev–Trinajstić information content (AvgIpc) is 2.93. The van der Waals surface area contributed by atoms with Crippen LogP contribution in [0.5, 0.6) is 0 Å². The van der Waals surface area contributed by atoms with Crippen LogP contribution in [0, 0.1) is 0 Å². The predicted octanol–water partition coefficient (Wildman–Crippen LogP) is 3.29. The maximum Gasteiger partial charge on any atom is 0.306 e. The number of imide groups is 1. The molecule has 1 atom stereocenters. The Kier molecular flexibility index (Phi) is 6.29. The summed E-state index contributed by atoms with van der Waals surface area (Å²) < 4.78 is 5.12. The maximum atomic E-state index is 12.3. The van der Waals surface area contributed by atoms with Gasteiger partial charge in [-0.15, -0.1) is 0 Å². The lowest BCUT2D eigenvalue weighted by Crippen LogP contribution is -2.32. The van der Waals surface area contributed by atoms with E-state index in [4.69, 9.17) is 16.3 Å². The number of halogens is 1. The number of fused-ring (bicyclic) bond motifs is 1. The number of anilines is 1. The second-order valence-corrected chi connectivity index (χ2v) is 6.98. The van der Waals surface area contributed by atoms with Gasteiger partial charge in [0.1, 0.15) is 0 Å². The van der Waals surface area contributed by atoms with E-state index in [0.29, 0.717) is 21.8 Å². The van der Waals surface area contributed by atoms with Gasteiger partial charge in [-0.05, 0) is 43.7 Å². The van der Waals surface area contributed by atoms with Crippen LogP contribution in [0.4, 0.5) is 5.69 Å².